The number of anilines is 1. The van der Waals surface area contributed by atoms with Crippen molar-refractivity contribution in [3.05, 3.63) is 82.9 Å². The van der Waals surface area contributed by atoms with Crippen molar-refractivity contribution in [2.75, 3.05) is 19.0 Å². The van der Waals surface area contributed by atoms with Gasteiger partial charge in [-0.15, -0.1) is 0 Å². The molecule has 1 aromatic heterocycles. The van der Waals surface area contributed by atoms with Crippen LogP contribution in [0.15, 0.2) is 54.6 Å². The van der Waals surface area contributed by atoms with E-state index in [4.69, 9.17) is 0 Å². The van der Waals surface area contributed by atoms with Gasteiger partial charge in [-0.2, -0.15) is 0 Å². The number of rotatable bonds is 4. The second kappa shape index (κ2) is 8.18. The molecule has 3 aromatic rings. The second-order valence-corrected chi connectivity index (χ2v) is 6.92. The molecular formula is C22H23FN4O2. The van der Waals surface area contributed by atoms with Crippen LogP contribution >= 0.6 is 0 Å². The lowest BCUT2D eigenvalue weighted by Gasteiger charge is -2.14. The van der Waals surface area contributed by atoms with Crippen molar-refractivity contribution in [2.45, 2.75) is 13.8 Å². The minimum absolute atomic E-state index is 0.355. The summed E-state index contributed by atoms with van der Waals surface area (Å²) in [7, 11) is 3.76. The summed E-state index contributed by atoms with van der Waals surface area (Å²) in [6.07, 6.45) is 0. The van der Waals surface area contributed by atoms with Crippen molar-refractivity contribution in [1.29, 1.82) is 0 Å². The molecule has 29 heavy (non-hydrogen) atoms. The van der Waals surface area contributed by atoms with Crippen molar-refractivity contribution in [3.8, 4) is 5.69 Å². The van der Waals surface area contributed by atoms with E-state index < -0.39 is 11.8 Å². The summed E-state index contributed by atoms with van der Waals surface area (Å²) in [5.74, 6) is -1.28. The Morgan fingerprint density at radius 2 is 1.62 bits per heavy atom. The average molecular weight is 394 g/mol. The molecule has 0 radical (unpaired) electrons. The fraction of sp³-hybridized carbons (Fsp3) is 0.182. The van der Waals surface area contributed by atoms with E-state index in [2.05, 4.69) is 10.9 Å². The largest absolute Gasteiger partial charge is 0.378 e. The van der Waals surface area contributed by atoms with Crippen molar-refractivity contribution >= 4 is 17.5 Å². The molecule has 0 spiro atoms. The molecule has 1 heterocycles. The molecule has 0 bridgehead atoms. The van der Waals surface area contributed by atoms with E-state index in [1.807, 2.05) is 25.1 Å². The molecule has 0 atom stereocenters. The Morgan fingerprint density at radius 1 is 0.931 bits per heavy atom. The van der Waals surface area contributed by atoms with Gasteiger partial charge in [0, 0.05) is 36.7 Å². The van der Waals surface area contributed by atoms with Crippen LogP contribution in [0.5, 0.6) is 0 Å². The molecule has 0 saturated carbocycles. The van der Waals surface area contributed by atoms with Crippen molar-refractivity contribution < 1.29 is 14.0 Å². The summed E-state index contributed by atoms with van der Waals surface area (Å²) in [6.45, 7) is 3.53. The van der Waals surface area contributed by atoms with Crippen LogP contribution in [0.25, 0.3) is 5.69 Å². The van der Waals surface area contributed by atoms with Crippen LogP contribution in [0.4, 0.5) is 10.1 Å². The van der Waals surface area contributed by atoms with Crippen LogP contribution in [-0.4, -0.2) is 30.5 Å². The Bertz CT molecular complexity index is 1070. The maximum atomic E-state index is 14.2. The van der Waals surface area contributed by atoms with Gasteiger partial charge in [-0.05, 0) is 50.2 Å². The van der Waals surface area contributed by atoms with Gasteiger partial charge in [0.1, 0.15) is 5.82 Å². The summed E-state index contributed by atoms with van der Waals surface area (Å²) in [5.41, 5.74) is 8.17. The molecule has 0 unspecified atom stereocenters. The van der Waals surface area contributed by atoms with Crippen LogP contribution in [0.1, 0.15) is 32.1 Å². The number of amides is 2. The number of halogens is 1. The summed E-state index contributed by atoms with van der Waals surface area (Å²) in [6, 6.07) is 15.1. The maximum absolute atomic E-state index is 14.2. The lowest BCUT2D eigenvalue weighted by molar-refractivity contribution is 0.0846. The zero-order valence-electron chi connectivity index (χ0n) is 16.8. The first-order valence-electron chi connectivity index (χ1n) is 9.11. The molecule has 150 valence electrons. The molecule has 0 aliphatic rings. The number of para-hydroxylation sites is 1. The highest BCUT2D eigenvalue weighted by atomic mass is 19.1. The molecule has 0 aliphatic heterocycles. The van der Waals surface area contributed by atoms with Gasteiger partial charge in [0.05, 0.1) is 11.3 Å². The first-order valence-corrected chi connectivity index (χ1v) is 9.11. The fourth-order valence-corrected chi connectivity index (χ4v) is 3.17. The molecular weight excluding hydrogens is 371 g/mol. The Balaban J connectivity index is 1.77. The van der Waals surface area contributed by atoms with Gasteiger partial charge in [-0.1, -0.05) is 18.2 Å². The highest BCUT2D eigenvalue weighted by Gasteiger charge is 2.19. The first-order chi connectivity index (χ1) is 13.8. The number of hydrogen-bond acceptors (Lipinski definition) is 3. The molecule has 3 rings (SSSR count). The quantitative estimate of drug-likeness (QED) is 0.667. The third-order valence-corrected chi connectivity index (χ3v) is 4.68. The number of nitrogens with one attached hydrogen (secondary N) is 2. The van der Waals surface area contributed by atoms with Gasteiger partial charge in [0.2, 0.25) is 0 Å². The monoisotopic (exact) mass is 394 g/mol. The van der Waals surface area contributed by atoms with Crippen LogP contribution in [0.3, 0.4) is 0 Å². The SMILES string of the molecule is Cc1cc(C(=O)NNC(=O)c2cccc(N(C)C)c2)c(C)n1-c1ccccc1F. The number of carbonyl (C=O) groups is 2. The smallest absolute Gasteiger partial charge is 0.271 e. The number of hydrogen-bond donors (Lipinski definition) is 2. The van der Waals surface area contributed by atoms with Gasteiger partial charge in [0.25, 0.3) is 11.8 Å². The van der Waals surface area contributed by atoms with Crippen LogP contribution in [0.2, 0.25) is 0 Å². The summed E-state index contributed by atoms with van der Waals surface area (Å²) in [5, 5.41) is 0. The van der Waals surface area contributed by atoms with Gasteiger partial charge in [-0.3, -0.25) is 20.4 Å². The minimum Gasteiger partial charge on any atom is -0.378 e. The summed E-state index contributed by atoms with van der Waals surface area (Å²) >= 11 is 0. The normalized spacial score (nSPS) is 10.5. The van der Waals surface area contributed by atoms with E-state index in [0.29, 0.717) is 28.2 Å². The van der Waals surface area contributed by atoms with Crippen LogP contribution in [0, 0.1) is 19.7 Å². The zero-order valence-corrected chi connectivity index (χ0v) is 16.8. The Kier molecular flexibility index (Phi) is 5.68. The maximum Gasteiger partial charge on any atom is 0.271 e. The van der Waals surface area contributed by atoms with Gasteiger partial charge in [0.15, 0.2) is 0 Å². The lowest BCUT2D eigenvalue weighted by atomic mass is 10.2. The molecule has 6 nitrogen and oxygen atoms in total. The van der Waals surface area contributed by atoms with Crippen molar-refractivity contribution in [2.24, 2.45) is 0 Å². The fourth-order valence-electron chi connectivity index (χ4n) is 3.17. The highest BCUT2D eigenvalue weighted by Crippen LogP contribution is 2.22. The summed E-state index contributed by atoms with van der Waals surface area (Å²) < 4.78 is 15.9. The topological polar surface area (TPSA) is 66.4 Å². The third kappa shape index (κ3) is 4.13. The molecule has 0 saturated heterocycles. The molecule has 7 heteroatoms. The van der Waals surface area contributed by atoms with E-state index in [9.17, 15) is 14.0 Å². The molecule has 2 N–H and O–H groups in total. The lowest BCUT2D eigenvalue weighted by Crippen LogP contribution is -2.41. The summed E-state index contributed by atoms with van der Waals surface area (Å²) in [4.78, 5) is 26.9. The van der Waals surface area contributed by atoms with E-state index in [-0.39, 0.29) is 5.82 Å². The van der Waals surface area contributed by atoms with Crippen molar-refractivity contribution in [3.63, 3.8) is 0 Å². The van der Waals surface area contributed by atoms with Gasteiger partial charge < -0.3 is 9.47 Å². The number of aryl methyl sites for hydroxylation is 1. The van der Waals surface area contributed by atoms with E-state index in [1.165, 1.54) is 6.07 Å². The predicted molar refractivity (Wildman–Crippen MR) is 111 cm³/mol. The Hall–Kier alpha value is -3.61. The average Bonchev–Trinajstić information content (AvgIpc) is 3.00. The van der Waals surface area contributed by atoms with E-state index in [1.54, 1.807) is 60.9 Å². The van der Waals surface area contributed by atoms with Gasteiger partial charge in [-0.25, -0.2) is 4.39 Å². The molecule has 0 fully saturated rings. The molecule has 2 amide bonds. The number of hydrazine groups is 1. The van der Waals surface area contributed by atoms with Gasteiger partial charge >= 0.3 is 0 Å². The first kappa shape index (κ1) is 20.1. The number of benzene rings is 2. The van der Waals surface area contributed by atoms with E-state index >= 15 is 0 Å². The number of aromatic nitrogens is 1. The van der Waals surface area contributed by atoms with Crippen molar-refractivity contribution in [1.82, 2.24) is 15.4 Å². The Labute approximate surface area is 168 Å². The molecule has 2 aromatic carbocycles. The van der Waals surface area contributed by atoms with Crippen LogP contribution in [-0.2, 0) is 0 Å². The molecule has 0 aliphatic carbocycles. The highest BCUT2D eigenvalue weighted by molar-refractivity contribution is 6.00. The predicted octanol–water partition coefficient (Wildman–Crippen LogP) is 3.37. The zero-order chi connectivity index (χ0) is 21.1. The standard InChI is InChI=1S/C22H23FN4O2/c1-14-12-18(15(2)27(14)20-11-6-5-10-19(20)23)22(29)25-24-21(28)16-8-7-9-17(13-16)26(3)4/h5-13H,1-4H3,(H,24,28)(H,25,29). The van der Waals surface area contributed by atoms with Crippen LogP contribution < -0.4 is 15.8 Å². The Morgan fingerprint density at radius 3 is 2.31 bits per heavy atom. The number of nitrogens with zero attached hydrogens (tertiary/aromatic N) is 2. The number of carbonyl (C=O) groups excluding carboxylic acids is 2. The second-order valence-electron chi connectivity index (χ2n) is 6.92. The third-order valence-electron chi connectivity index (χ3n) is 4.68. The van der Waals surface area contributed by atoms with E-state index in [0.717, 1.165) is 5.69 Å². The minimum atomic E-state index is -0.474.